The monoisotopic (exact) mass is 329 g/mol. The van der Waals surface area contributed by atoms with Gasteiger partial charge < -0.3 is 5.32 Å². The van der Waals surface area contributed by atoms with Gasteiger partial charge in [-0.2, -0.15) is 0 Å². The largest absolute Gasteiger partial charge is 0.352 e. The molecule has 1 aromatic carbocycles. The highest BCUT2D eigenvalue weighted by atomic mass is 79.9. The van der Waals surface area contributed by atoms with Crippen molar-refractivity contribution in [1.82, 2.24) is 5.32 Å². The molecule has 4 heteroatoms. The number of carbonyl (C=O) groups is 1. The summed E-state index contributed by atoms with van der Waals surface area (Å²) in [4.78, 5) is 11.9. The zero-order valence-electron chi connectivity index (χ0n) is 10.2. The third kappa shape index (κ3) is 3.48. The summed E-state index contributed by atoms with van der Waals surface area (Å²) >= 11 is 9.29. The highest BCUT2D eigenvalue weighted by Crippen LogP contribution is 2.31. The maximum absolute atomic E-state index is 11.9. The van der Waals surface area contributed by atoms with E-state index in [4.69, 9.17) is 11.6 Å². The fourth-order valence-electron chi connectivity index (χ4n) is 2.51. The molecule has 1 fully saturated rings. The molecule has 0 spiro atoms. The van der Waals surface area contributed by atoms with Gasteiger partial charge in [0.15, 0.2) is 0 Å². The topological polar surface area (TPSA) is 29.1 Å². The van der Waals surface area contributed by atoms with Gasteiger partial charge in [-0.15, -0.1) is 11.6 Å². The lowest BCUT2D eigenvalue weighted by atomic mass is 9.98. The fraction of sp³-hybridized carbons (Fsp3) is 0.500. The van der Waals surface area contributed by atoms with Crippen molar-refractivity contribution >= 4 is 33.4 Å². The van der Waals surface area contributed by atoms with Crippen LogP contribution in [0.5, 0.6) is 0 Å². The van der Waals surface area contributed by atoms with Crippen molar-refractivity contribution in [2.24, 2.45) is 11.8 Å². The third-order valence-electron chi connectivity index (χ3n) is 3.65. The van der Waals surface area contributed by atoms with E-state index < -0.39 is 0 Å². The summed E-state index contributed by atoms with van der Waals surface area (Å²) in [6, 6.07) is 7.41. The second-order valence-corrected chi connectivity index (χ2v) is 6.05. The third-order valence-corrected chi connectivity index (χ3v) is 4.57. The van der Waals surface area contributed by atoms with Crippen LogP contribution in [0.25, 0.3) is 0 Å². The van der Waals surface area contributed by atoms with Gasteiger partial charge in [0.1, 0.15) is 0 Å². The van der Waals surface area contributed by atoms with Gasteiger partial charge in [-0.1, -0.05) is 22.4 Å². The summed E-state index contributed by atoms with van der Waals surface area (Å²) < 4.78 is 0.983. The number of hydrogen-bond donors (Lipinski definition) is 1. The van der Waals surface area contributed by atoms with Crippen molar-refractivity contribution in [3.05, 3.63) is 34.3 Å². The van der Waals surface area contributed by atoms with Gasteiger partial charge in [-0.3, -0.25) is 4.79 Å². The Morgan fingerprint density at radius 2 is 1.94 bits per heavy atom. The quantitative estimate of drug-likeness (QED) is 0.835. The van der Waals surface area contributed by atoms with E-state index in [1.807, 2.05) is 24.3 Å². The molecule has 18 heavy (non-hydrogen) atoms. The first-order chi connectivity index (χ1) is 8.70. The Bertz CT molecular complexity index is 407. The van der Waals surface area contributed by atoms with Gasteiger partial charge >= 0.3 is 0 Å². The van der Waals surface area contributed by atoms with E-state index in [-0.39, 0.29) is 5.91 Å². The van der Waals surface area contributed by atoms with Crippen molar-refractivity contribution in [3.8, 4) is 0 Å². The van der Waals surface area contributed by atoms with Crippen LogP contribution in [-0.2, 0) is 0 Å². The molecular formula is C14H17BrClNO. The molecule has 1 amide bonds. The lowest BCUT2D eigenvalue weighted by Crippen LogP contribution is -2.31. The molecule has 0 saturated heterocycles. The van der Waals surface area contributed by atoms with Gasteiger partial charge in [0, 0.05) is 22.5 Å². The molecule has 0 heterocycles. The number of halogens is 2. The Kier molecular flexibility index (Phi) is 5.07. The van der Waals surface area contributed by atoms with Gasteiger partial charge in [0.05, 0.1) is 0 Å². The Balaban J connectivity index is 1.86. The first kappa shape index (κ1) is 13.9. The van der Waals surface area contributed by atoms with Crippen LogP contribution in [0, 0.1) is 11.8 Å². The van der Waals surface area contributed by atoms with Crippen LogP contribution >= 0.6 is 27.5 Å². The van der Waals surface area contributed by atoms with E-state index in [1.54, 1.807) is 0 Å². The molecule has 1 aliphatic rings. The Morgan fingerprint density at radius 1 is 1.28 bits per heavy atom. The summed E-state index contributed by atoms with van der Waals surface area (Å²) in [5, 5.41) is 3.01. The highest BCUT2D eigenvalue weighted by molar-refractivity contribution is 9.10. The SMILES string of the molecule is O=C(NCC1CCCC1CCl)c1ccc(Br)cc1. The summed E-state index contributed by atoms with van der Waals surface area (Å²) in [5.74, 6) is 1.82. The molecular weight excluding hydrogens is 314 g/mol. The summed E-state index contributed by atoms with van der Waals surface area (Å²) in [5.41, 5.74) is 0.707. The van der Waals surface area contributed by atoms with Crippen LogP contribution in [0.3, 0.4) is 0 Å². The molecule has 1 aliphatic carbocycles. The number of rotatable bonds is 4. The Hall–Kier alpha value is -0.540. The number of carbonyl (C=O) groups excluding carboxylic acids is 1. The Labute approximate surface area is 121 Å². The van der Waals surface area contributed by atoms with Crippen LogP contribution in [0.1, 0.15) is 29.6 Å². The van der Waals surface area contributed by atoms with Crippen LogP contribution in [0.4, 0.5) is 0 Å². The number of nitrogens with one attached hydrogen (secondary N) is 1. The first-order valence-electron chi connectivity index (χ1n) is 6.30. The van der Waals surface area contributed by atoms with Crippen molar-refractivity contribution in [1.29, 1.82) is 0 Å². The van der Waals surface area contributed by atoms with E-state index in [0.717, 1.165) is 11.0 Å². The van der Waals surface area contributed by atoms with E-state index in [0.29, 0.717) is 23.3 Å². The summed E-state index contributed by atoms with van der Waals surface area (Å²) in [6.07, 6.45) is 3.61. The first-order valence-corrected chi connectivity index (χ1v) is 7.63. The van der Waals surface area contributed by atoms with Gasteiger partial charge in [0.2, 0.25) is 0 Å². The molecule has 1 saturated carbocycles. The van der Waals surface area contributed by atoms with Crippen molar-refractivity contribution in [2.75, 3.05) is 12.4 Å². The van der Waals surface area contributed by atoms with Gasteiger partial charge in [-0.25, -0.2) is 0 Å². The molecule has 0 radical (unpaired) electrons. The lowest BCUT2D eigenvalue weighted by molar-refractivity contribution is 0.0944. The molecule has 1 N–H and O–H groups in total. The zero-order chi connectivity index (χ0) is 13.0. The maximum atomic E-state index is 11.9. The summed E-state index contributed by atoms with van der Waals surface area (Å²) in [7, 11) is 0. The summed E-state index contributed by atoms with van der Waals surface area (Å²) in [6.45, 7) is 0.742. The van der Waals surface area contributed by atoms with Crippen LogP contribution in [0.15, 0.2) is 28.7 Å². The Morgan fingerprint density at radius 3 is 2.61 bits per heavy atom. The second-order valence-electron chi connectivity index (χ2n) is 4.82. The minimum atomic E-state index is 0.00252. The molecule has 98 valence electrons. The zero-order valence-corrected chi connectivity index (χ0v) is 12.5. The van der Waals surface area contributed by atoms with Crippen molar-refractivity contribution < 1.29 is 4.79 Å². The van der Waals surface area contributed by atoms with Crippen molar-refractivity contribution in [3.63, 3.8) is 0 Å². The van der Waals surface area contributed by atoms with E-state index in [1.165, 1.54) is 19.3 Å². The average Bonchev–Trinajstić information content (AvgIpc) is 2.84. The maximum Gasteiger partial charge on any atom is 0.251 e. The molecule has 0 aromatic heterocycles. The van der Waals surface area contributed by atoms with Gasteiger partial charge in [0.25, 0.3) is 5.91 Å². The minimum Gasteiger partial charge on any atom is -0.352 e. The standard InChI is InChI=1S/C14H17BrClNO/c15-13-6-4-10(5-7-13)14(18)17-9-12-3-1-2-11(12)8-16/h4-7,11-12H,1-3,8-9H2,(H,17,18). The molecule has 1 aromatic rings. The van der Waals surface area contributed by atoms with Crippen LogP contribution in [0.2, 0.25) is 0 Å². The van der Waals surface area contributed by atoms with Gasteiger partial charge in [-0.05, 0) is 48.9 Å². The van der Waals surface area contributed by atoms with Crippen molar-refractivity contribution in [2.45, 2.75) is 19.3 Å². The fourth-order valence-corrected chi connectivity index (χ4v) is 3.18. The molecule has 2 rings (SSSR count). The van der Waals surface area contributed by atoms with E-state index in [2.05, 4.69) is 21.2 Å². The molecule has 2 atom stereocenters. The number of hydrogen-bond acceptors (Lipinski definition) is 1. The number of amides is 1. The minimum absolute atomic E-state index is 0.00252. The lowest BCUT2D eigenvalue weighted by Gasteiger charge is -2.17. The van der Waals surface area contributed by atoms with Crippen LogP contribution < -0.4 is 5.32 Å². The number of benzene rings is 1. The average molecular weight is 331 g/mol. The normalized spacial score (nSPS) is 23.0. The molecule has 2 unspecified atom stereocenters. The van der Waals surface area contributed by atoms with E-state index >= 15 is 0 Å². The number of alkyl halides is 1. The van der Waals surface area contributed by atoms with Crippen LogP contribution in [-0.4, -0.2) is 18.3 Å². The molecule has 0 bridgehead atoms. The molecule has 0 aliphatic heterocycles. The molecule has 2 nitrogen and oxygen atoms in total. The van der Waals surface area contributed by atoms with E-state index in [9.17, 15) is 4.79 Å². The predicted molar refractivity (Wildman–Crippen MR) is 78.0 cm³/mol. The highest BCUT2D eigenvalue weighted by Gasteiger charge is 2.26. The predicted octanol–water partition coefficient (Wildman–Crippen LogP) is 3.83. The second kappa shape index (κ2) is 6.58. The smallest absolute Gasteiger partial charge is 0.251 e.